The third-order valence-electron chi connectivity index (χ3n) is 8.64. The van der Waals surface area contributed by atoms with Gasteiger partial charge in [-0.2, -0.15) is 0 Å². The number of hydrogen-bond donors (Lipinski definition) is 0. The minimum Gasteiger partial charge on any atom is -0.456 e. The number of fused-ring (bicyclic) bond motifs is 8. The highest BCUT2D eigenvalue weighted by molar-refractivity contribution is 6.22. The van der Waals surface area contributed by atoms with Gasteiger partial charge in [-0.15, -0.1) is 0 Å². The lowest BCUT2D eigenvalue weighted by molar-refractivity contribution is 0.660. The molecule has 1 aliphatic carbocycles. The minimum absolute atomic E-state index is 0.00681. The second-order valence-corrected chi connectivity index (χ2v) is 11.6. The molecule has 0 spiro atoms. The van der Waals surface area contributed by atoms with Crippen LogP contribution >= 0.6 is 0 Å². The Morgan fingerprint density at radius 3 is 1.65 bits per heavy atom. The molecule has 0 N–H and O–H groups in total. The van der Waals surface area contributed by atoms with Gasteiger partial charge in [0, 0.05) is 16.2 Å². The average molecular weight is 639 g/mol. The van der Waals surface area contributed by atoms with E-state index in [1.165, 1.54) is 13.8 Å². The minimum atomic E-state index is -1.42. The van der Waals surface area contributed by atoms with E-state index >= 15 is 0 Å². The van der Waals surface area contributed by atoms with E-state index in [2.05, 4.69) is 0 Å². The highest BCUT2D eigenvalue weighted by Gasteiger charge is 2.35. The van der Waals surface area contributed by atoms with Crippen LogP contribution in [-0.4, -0.2) is 0 Å². The molecule has 10 rings (SSSR count). The van der Waals surface area contributed by atoms with Gasteiger partial charge in [-0.1, -0.05) is 141 Å². The normalized spacial score (nSPS) is 21.0. The molecule has 0 amide bonds. The van der Waals surface area contributed by atoms with E-state index in [4.69, 9.17) is 22.2 Å². The van der Waals surface area contributed by atoms with E-state index in [0.717, 1.165) is 0 Å². The molecule has 0 atom stereocenters. The molecule has 0 saturated carbocycles. The summed E-state index contributed by atoms with van der Waals surface area (Å²) >= 11 is 0. The number of hydrogen-bond acceptors (Lipinski definition) is 1. The lowest BCUT2D eigenvalue weighted by Gasteiger charge is -2.21. The lowest BCUT2D eigenvalue weighted by atomic mass is 9.82. The number of rotatable bonds is 3. The van der Waals surface area contributed by atoms with Crippen molar-refractivity contribution in [3.05, 3.63) is 168 Å². The molecule has 1 aromatic heterocycles. The zero-order chi connectivity index (χ0) is 54.6. The number of benzene rings is 8. The third-order valence-corrected chi connectivity index (χ3v) is 8.64. The summed E-state index contributed by atoms with van der Waals surface area (Å²) in [5, 5.41) is -3.74. The summed E-state index contributed by atoms with van der Waals surface area (Å²) < 4.78 is 242. The Morgan fingerprint density at radius 2 is 0.917 bits per heavy atom. The third kappa shape index (κ3) is 3.85. The van der Waals surface area contributed by atoms with Crippen molar-refractivity contribution in [1.29, 1.82) is 0 Å². The van der Waals surface area contributed by atoms with Gasteiger partial charge in [0.2, 0.25) is 0 Å². The topological polar surface area (TPSA) is 13.1 Å². The van der Waals surface area contributed by atoms with Crippen molar-refractivity contribution in [2.75, 3.05) is 0 Å². The van der Waals surface area contributed by atoms with Crippen LogP contribution in [0.3, 0.4) is 0 Å². The molecule has 1 aliphatic rings. The summed E-state index contributed by atoms with van der Waals surface area (Å²) in [4.78, 5) is 0. The van der Waals surface area contributed by atoms with Gasteiger partial charge in [0.15, 0.2) is 0 Å². The van der Waals surface area contributed by atoms with Gasteiger partial charge in [0.05, 0.1) is 35.6 Å². The summed E-state index contributed by atoms with van der Waals surface area (Å²) in [6.07, 6.45) is 0. The van der Waals surface area contributed by atoms with Crippen LogP contribution in [0.5, 0.6) is 0 Å². The molecule has 0 radical (unpaired) electrons. The smallest absolute Gasteiger partial charge is 0.135 e. The summed E-state index contributed by atoms with van der Waals surface area (Å²) in [5.41, 5.74) is -7.44. The SMILES string of the molecule is [2H]c1c([2H])c(-c2c([2H])c([2H])c3c(c2[2H])-c2c([2H])c([2H])c([2H])c([2H])c2C3(C)C)c([2H])c(-c2c3c([2H])c([2H])c([2H])c([2H])c3c(-c3c([2H])c([2H])c4oc5c([2H])c([2H])c([2H])c([2H])c5c4c3[2H])c3c([2H])c([2H])c([2H])c([2H])c23)c1[2H]. The molecule has 0 unspecified atom stereocenters. The molecule has 1 heteroatoms. The highest BCUT2D eigenvalue weighted by atomic mass is 16.3. The standard InChI is InChI=1S/C47H32O/c1-47(2)41-20-9-7-14-33(41)39-27-30(22-24-42(39)47)29-12-11-13-31(26-29)45-35-16-3-5-18-37(35)46(38-19-6-4-17-36(38)45)32-23-25-44-40(28-32)34-15-8-10-21-43(34)48-44/h3-28H,1-2H3/i3D,4D,5D,6D,7D,8D,9D,10D,11D,12D,13D,14D,15D,16D,17D,18D,19D,20D,21D,22D,23D,24D,25D,26D,27D,28D. The summed E-state index contributed by atoms with van der Waals surface area (Å²) in [6, 6.07) is -21.9. The Bertz CT molecular complexity index is 4150. The predicted molar refractivity (Wildman–Crippen MR) is 203 cm³/mol. The van der Waals surface area contributed by atoms with Crippen LogP contribution < -0.4 is 0 Å². The van der Waals surface area contributed by atoms with Crippen LogP contribution in [0.15, 0.2) is 162 Å². The quantitative estimate of drug-likeness (QED) is 0.176. The molecule has 8 aromatic carbocycles. The fraction of sp³-hybridized carbons (Fsp3) is 0.0638. The molecule has 0 saturated heterocycles. The van der Waals surface area contributed by atoms with Crippen molar-refractivity contribution in [3.63, 3.8) is 0 Å². The second kappa shape index (κ2) is 10.0. The molecule has 1 nitrogen and oxygen atoms in total. The van der Waals surface area contributed by atoms with Crippen LogP contribution in [-0.2, 0) is 5.41 Å². The van der Waals surface area contributed by atoms with Gasteiger partial charge in [-0.25, -0.2) is 0 Å². The largest absolute Gasteiger partial charge is 0.456 e. The fourth-order valence-corrected chi connectivity index (χ4v) is 6.43. The van der Waals surface area contributed by atoms with Gasteiger partial charge in [-0.05, 0) is 107 Å². The van der Waals surface area contributed by atoms with E-state index in [1.54, 1.807) is 0 Å². The zero-order valence-corrected chi connectivity index (χ0v) is 24.9. The first-order valence-electron chi connectivity index (χ1n) is 27.7. The van der Waals surface area contributed by atoms with Gasteiger partial charge in [-0.3, -0.25) is 0 Å². The van der Waals surface area contributed by atoms with Crippen molar-refractivity contribution in [2.24, 2.45) is 0 Å². The van der Waals surface area contributed by atoms with Crippen molar-refractivity contribution < 1.29 is 40.1 Å². The summed E-state index contributed by atoms with van der Waals surface area (Å²) in [6.45, 7) is 3.07. The Hall–Kier alpha value is -5.92. The molecular weight excluding hydrogens is 581 g/mol. The van der Waals surface area contributed by atoms with Crippen molar-refractivity contribution in [2.45, 2.75) is 19.3 Å². The zero-order valence-electron chi connectivity index (χ0n) is 50.9. The number of furan rings is 1. The molecule has 0 fully saturated rings. The first kappa shape index (κ1) is 12.0. The van der Waals surface area contributed by atoms with Crippen LogP contribution in [0.25, 0.3) is 88.0 Å². The maximum Gasteiger partial charge on any atom is 0.135 e. The van der Waals surface area contributed by atoms with Crippen LogP contribution in [0.2, 0.25) is 0 Å². The van der Waals surface area contributed by atoms with Crippen LogP contribution in [0.1, 0.15) is 60.6 Å². The molecule has 9 aromatic rings. The maximum absolute atomic E-state index is 9.93. The number of para-hydroxylation sites is 1. The second-order valence-electron chi connectivity index (χ2n) is 11.6. The first-order valence-corrected chi connectivity index (χ1v) is 14.7. The van der Waals surface area contributed by atoms with Crippen molar-refractivity contribution >= 4 is 43.5 Å². The Balaban J connectivity index is 1.46. The van der Waals surface area contributed by atoms with Gasteiger partial charge < -0.3 is 4.42 Å². The van der Waals surface area contributed by atoms with Crippen LogP contribution in [0, 0.1) is 0 Å². The summed E-state index contributed by atoms with van der Waals surface area (Å²) in [7, 11) is 0. The van der Waals surface area contributed by atoms with Crippen molar-refractivity contribution in [3.8, 4) is 44.5 Å². The monoisotopic (exact) mass is 638 g/mol. The predicted octanol–water partition coefficient (Wildman–Crippen LogP) is 13.2. The van der Waals surface area contributed by atoms with E-state index in [1.807, 2.05) is 0 Å². The van der Waals surface area contributed by atoms with Crippen LogP contribution in [0.4, 0.5) is 0 Å². The molecular formula is C47H32O. The van der Waals surface area contributed by atoms with Crippen molar-refractivity contribution in [1.82, 2.24) is 0 Å². The molecule has 48 heavy (non-hydrogen) atoms. The summed E-state index contributed by atoms with van der Waals surface area (Å²) in [5.74, 6) is 0. The molecule has 0 aliphatic heterocycles. The maximum atomic E-state index is 9.93. The van der Waals surface area contributed by atoms with Gasteiger partial charge in [0.1, 0.15) is 11.2 Å². The van der Waals surface area contributed by atoms with E-state index < -0.39 is 239 Å². The van der Waals surface area contributed by atoms with Gasteiger partial charge in [0.25, 0.3) is 0 Å². The lowest BCUT2D eigenvalue weighted by Crippen LogP contribution is -2.14. The highest BCUT2D eigenvalue weighted by Crippen LogP contribution is 2.50. The Kier molecular flexibility index (Phi) is 2.50. The van der Waals surface area contributed by atoms with E-state index in [9.17, 15) is 17.8 Å². The Labute approximate surface area is 316 Å². The first-order chi connectivity index (χ1) is 34.4. The fourth-order valence-electron chi connectivity index (χ4n) is 6.43. The van der Waals surface area contributed by atoms with E-state index in [-0.39, 0.29) is 22.3 Å². The Morgan fingerprint density at radius 1 is 0.396 bits per heavy atom. The molecule has 0 bridgehead atoms. The molecule has 226 valence electrons. The van der Waals surface area contributed by atoms with Gasteiger partial charge >= 0.3 is 0 Å². The average Bonchev–Trinajstić information content (AvgIpc) is 3.88. The van der Waals surface area contributed by atoms with E-state index in [0.29, 0.717) is 0 Å². The molecule has 1 heterocycles.